The minimum atomic E-state index is -0.187. The number of ether oxygens (including phenoxy) is 3. The van der Waals surface area contributed by atoms with Gasteiger partial charge in [-0.25, -0.2) is 0 Å². The fourth-order valence-corrected chi connectivity index (χ4v) is 4.88. The zero-order valence-corrected chi connectivity index (χ0v) is 18.7. The lowest BCUT2D eigenvalue weighted by Crippen LogP contribution is -2.37. The van der Waals surface area contributed by atoms with Crippen LogP contribution < -0.4 is 24.4 Å². The van der Waals surface area contributed by atoms with E-state index in [0.717, 1.165) is 13.0 Å². The molecule has 31 heavy (non-hydrogen) atoms. The van der Waals surface area contributed by atoms with Crippen molar-refractivity contribution in [1.29, 1.82) is 0 Å². The van der Waals surface area contributed by atoms with E-state index in [0.29, 0.717) is 29.4 Å². The first-order valence-corrected chi connectivity index (χ1v) is 11.0. The summed E-state index contributed by atoms with van der Waals surface area (Å²) in [5.74, 6) is 1.19. The van der Waals surface area contributed by atoms with Gasteiger partial charge in [-0.1, -0.05) is 24.3 Å². The van der Waals surface area contributed by atoms with Crippen molar-refractivity contribution in [2.75, 3.05) is 39.3 Å². The Morgan fingerprint density at radius 1 is 1.06 bits per heavy atom. The Bertz CT molecular complexity index is 1030. The summed E-state index contributed by atoms with van der Waals surface area (Å²) in [6, 6.07) is 16.1. The SMILES string of the molecule is COc1cc(C(=O)NC[C@@H](c2cccs2)N2CCc3ccccc32)cc(OC)c1OC. The quantitative estimate of drug-likeness (QED) is 0.568. The number of fused-ring (bicyclic) bond motifs is 1. The van der Waals surface area contributed by atoms with Gasteiger partial charge in [0.05, 0.1) is 27.4 Å². The summed E-state index contributed by atoms with van der Waals surface area (Å²) >= 11 is 1.71. The lowest BCUT2D eigenvalue weighted by atomic mass is 10.1. The van der Waals surface area contributed by atoms with Crippen LogP contribution in [0.4, 0.5) is 5.69 Å². The van der Waals surface area contributed by atoms with Crippen molar-refractivity contribution in [3.8, 4) is 17.2 Å². The van der Waals surface area contributed by atoms with Gasteiger partial charge >= 0.3 is 0 Å². The number of para-hydroxylation sites is 1. The minimum Gasteiger partial charge on any atom is -0.493 e. The standard InChI is InChI=1S/C24H26N2O4S/c1-28-20-13-17(14-21(29-2)23(20)30-3)24(27)25-15-19(22-9-6-12-31-22)26-11-10-16-7-4-5-8-18(16)26/h4-9,12-14,19H,10-11,15H2,1-3H3,(H,25,27)/t19-/m0/s1. The van der Waals surface area contributed by atoms with Crippen LogP contribution in [-0.4, -0.2) is 40.3 Å². The molecule has 0 aliphatic carbocycles. The third-order valence-corrected chi connectivity index (χ3v) is 6.53. The highest BCUT2D eigenvalue weighted by Gasteiger charge is 2.28. The van der Waals surface area contributed by atoms with E-state index in [1.54, 1.807) is 30.6 Å². The molecular formula is C24H26N2O4S. The van der Waals surface area contributed by atoms with Gasteiger partial charge in [0.1, 0.15) is 0 Å². The predicted octanol–water partition coefficient (Wildman–Crippen LogP) is 4.31. The topological polar surface area (TPSA) is 60.0 Å². The van der Waals surface area contributed by atoms with Crippen LogP contribution in [0.15, 0.2) is 53.9 Å². The summed E-state index contributed by atoms with van der Waals surface area (Å²) in [6.07, 6.45) is 1.01. The molecule has 4 rings (SSSR count). The van der Waals surface area contributed by atoms with Crippen molar-refractivity contribution in [3.63, 3.8) is 0 Å². The van der Waals surface area contributed by atoms with Gasteiger partial charge in [0, 0.05) is 29.2 Å². The predicted molar refractivity (Wildman–Crippen MR) is 123 cm³/mol. The number of nitrogens with one attached hydrogen (secondary N) is 1. The Kier molecular flexibility index (Phi) is 6.32. The first kappa shape index (κ1) is 21.1. The van der Waals surface area contributed by atoms with Crippen LogP contribution in [0, 0.1) is 0 Å². The zero-order valence-electron chi connectivity index (χ0n) is 17.9. The van der Waals surface area contributed by atoms with Gasteiger partial charge in [0.25, 0.3) is 5.91 Å². The summed E-state index contributed by atoms with van der Waals surface area (Å²) < 4.78 is 16.1. The van der Waals surface area contributed by atoms with Crippen molar-refractivity contribution in [2.45, 2.75) is 12.5 Å². The van der Waals surface area contributed by atoms with Crippen LogP contribution in [0.25, 0.3) is 0 Å². The van der Waals surface area contributed by atoms with E-state index < -0.39 is 0 Å². The number of rotatable bonds is 8. The molecule has 0 bridgehead atoms. The van der Waals surface area contributed by atoms with Gasteiger partial charge in [0.15, 0.2) is 11.5 Å². The molecule has 1 atom stereocenters. The van der Waals surface area contributed by atoms with Crippen LogP contribution in [0.1, 0.15) is 26.8 Å². The number of hydrogen-bond acceptors (Lipinski definition) is 6. The van der Waals surface area contributed by atoms with Crippen molar-refractivity contribution in [2.24, 2.45) is 0 Å². The van der Waals surface area contributed by atoms with E-state index in [1.165, 1.54) is 30.3 Å². The second-order valence-corrected chi connectivity index (χ2v) is 8.21. The maximum Gasteiger partial charge on any atom is 0.251 e. The molecule has 0 fully saturated rings. The van der Waals surface area contributed by atoms with Gasteiger partial charge in [-0.3, -0.25) is 4.79 Å². The fraction of sp³-hybridized carbons (Fsp3) is 0.292. The van der Waals surface area contributed by atoms with E-state index >= 15 is 0 Å². The molecular weight excluding hydrogens is 412 g/mol. The molecule has 1 aliphatic heterocycles. The van der Waals surface area contributed by atoms with E-state index in [-0.39, 0.29) is 11.9 Å². The van der Waals surface area contributed by atoms with E-state index in [2.05, 4.69) is 52.0 Å². The number of hydrogen-bond donors (Lipinski definition) is 1. The third-order valence-electron chi connectivity index (χ3n) is 5.55. The fourth-order valence-electron chi connectivity index (χ4n) is 4.04. The van der Waals surface area contributed by atoms with Crippen LogP contribution in [0.5, 0.6) is 17.2 Å². The van der Waals surface area contributed by atoms with Crippen LogP contribution >= 0.6 is 11.3 Å². The Balaban J connectivity index is 1.57. The lowest BCUT2D eigenvalue weighted by Gasteiger charge is -2.30. The van der Waals surface area contributed by atoms with Gasteiger partial charge in [0.2, 0.25) is 5.75 Å². The number of carbonyl (C=O) groups excluding carboxylic acids is 1. The minimum absolute atomic E-state index is 0.0645. The van der Waals surface area contributed by atoms with Gasteiger partial charge in [-0.15, -0.1) is 11.3 Å². The number of thiophene rings is 1. The van der Waals surface area contributed by atoms with Crippen molar-refractivity contribution in [1.82, 2.24) is 5.32 Å². The number of benzene rings is 2. The monoisotopic (exact) mass is 438 g/mol. The average Bonchev–Trinajstić information content (AvgIpc) is 3.49. The largest absolute Gasteiger partial charge is 0.493 e. The molecule has 0 radical (unpaired) electrons. The van der Waals surface area contributed by atoms with E-state index in [1.807, 2.05) is 0 Å². The summed E-state index contributed by atoms with van der Waals surface area (Å²) in [6.45, 7) is 1.42. The Morgan fingerprint density at radius 3 is 2.45 bits per heavy atom. The molecule has 2 heterocycles. The molecule has 0 saturated heterocycles. The Morgan fingerprint density at radius 2 is 1.81 bits per heavy atom. The summed E-state index contributed by atoms with van der Waals surface area (Å²) in [5, 5.41) is 5.18. The highest BCUT2D eigenvalue weighted by atomic mass is 32.1. The molecule has 0 saturated carbocycles. The number of nitrogens with zero attached hydrogens (tertiary/aromatic N) is 1. The number of amides is 1. The Labute approximate surface area is 186 Å². The van der Waals surface area contributed by atoms with Crippen molar-refractivity contribution >= 4 is 22.9 Å². The van der Waals surface area contributed by atoms with Crippen LogP contribution in [0.3, 0.4) is 0 Å². The van der Waals surface area contributed by atoms with Gasteiger partial charge < -0.3 is 24.4 Å². The summed E-state index contributed by atoms with van der Waals surface area (Å²) in [7, 11) is 4.62. The van der Waals surface area contributed by atoms with Crippen molar-refractivity contribution < 1.29 is 19.0 Å². The molecule has 3 aromatic rings. The molecule has 1 amide bonds. The Hall–Kier alpha value is -3.19. The van der Waals surface area contributed by atoms with E-state index in [4.69, 9.17) is 14.2 Å². The van der Waals surface area contributed by atoms with Crippen LogP contribution in [-0.2, 0) is 6.42 Å². The third kappa shape index (κ3) is 4.18. The maximum atomic E-state index is 13.0. The smallest absolute Gasteiger partial charge is 0.251 e. The lowest BCUT2D eigenvalue weighted by molar-refractivity contribution is 0.0950. The summed E-state index contributed by atoms with van der Waals surface area (Å²) in [4.78, 5) is 16.6. The van der Waals surface area contributed by atoms with E-state index in [9.17, 15) is 4.79 Å². The number of carbonyl (C=O) groups is 1. The normalized spacial score (nSPS) is 13.5. The molecule has 1 N–H and O–H groups in total. The zero-order chi connectivity index (χ0) is 21.8. The number of methoxy groups -OCH3 is 3. The second kappa shape index (κ2) is 9.31. The summed E-state index contributed by atoms with van der Waals surface area (Å²) in [5.41, 5.74) is 3.05. The molecule has 1 aliphatic rings. The first-order valence-electron chi connectivity index (χ1n) is 10.1. The highest BCUT2D eigenvalue weighted by Crippen LogP contribution is 2.39. The first-order chi connectivity index (χ1) is 15.2. The van der Waals surface area contributed by atoms with Crippen molar-refractivity contribution in [3.05, 3.63) is 69.9 Å². The highest BCUT2D eigenvalue weighted by molar-refractivity contribution is 7.10. The molecule has 6 nitrogen and oxygen atoms in total. The van der Waals surface area contributed by atoms with Gasteiger partial charge in [-0.2, -0.15) is 0 Å². The molecule has 1 aromatic heterocycles. The molecule has 162 valence electrons. The second-order valence-electron chi connectivity index (χ2n) is 7.23. The number of anilines is 1. The molecule has 0 unspecified atom stereocenters. The average molecular weight is 439 g/mol. The van der Waals surface area contributed by atoms with Gasteiger partial charge in [-0.05, 0) is 41.6 Å². The van der Waals surface area contributed by atoms with Crippen LogP contribution in [0.2, 0.25) is 0 Å². The molecule has 0 spiro atoms. The molecule has 2 aromatic carbocycles. The maximum absolute atomic E-state index is 13.0. The molecule has 7 heteroatoms.